The molecule has 0 aliphatic heterocycles. The largest absolute Gasteiger partial charge is 0.508 e. The number of imidazole rings is 1. The highest BCUT2D eigenvalue weighted by atomic mass is 16.4. The molecule has 0 fully saturated rings. The van der Waals surface area contributed by atoms with Gasteiger partial charge in [-0.15, -0.1) is 0 Å². The molecule has 0 saturated heterocycles. The predicted molar refractivity (Wildman–Crippen MR) is 63.0 cm³/mol. The molecule has 1 atom stereocenters. The molecule has 1 heterocycles. The van der Waals surface area contributed by atoms with Crippen LogP contribution in [0.3, 0.4) is 0 Å². The number of aromatic nitrogens is 2. The summed E-state index contributed by atoms with van der Waals surface area (Å²) in [4.78, 5) is 18.4. The Bertz CT molecular complexity index is 560. The first-order valence-corrected chi connectivity index (χ1v) is 5.40. The van der Waals surface area contributed by atoms with E-state index < -0.39 is 11.9 Å². The molecule has 90 valence electrons. The van der Waals surface area contributed by atoms with Crippen molar-refractivity contribution >= 4 is 17.0 Å². The molecule has 5 heteroatoms. The smallest absolute Gasteiger partial charge is 0.314 e. The zero-order chi connectivity index (χ0) is 12.6. The first-order chi connectivity index (χ1) is 7.99. The van der Waals surface area contributed by atoms with E-state index in [0.717, 1.165) is 0 Å². The van der Waals surface area contributed by atoms with Crippen molar-refractivity contribution in [3.8, 4) is 5.75 Å². The number of carbonyl (C=O) groups is 1. The molecule has 0 amide bonds. The van der Waals surface area contributed by atoms with E-state index in [4.69, 9.17) is 5.11 Å². The van der Waals surface area contributed by atoms with Crippen molar-refractivity contribution in [3.63, 3.8) is 0 Å². The van der Waals surface area contributed by atoms with Crippen molar-refractivity contribution in [1.29, 1.82) is 0 Å². The number of fused-ring (bicyclic) bond motifs is 1. The highest BCUT2D eigenvalue weighted by molar-refractivity contribution is 5.80. The van der Waals surface area contributed by atoms with Crippen LogP contribution < -0.4 is 0 Å². The van der Waals surface area contributed by atoms with Gasteiger partial charge in [0.15, 0.2) is 0 Å². The lowest BCUT2D eigenvalue weighted by Gasteiger charge is -2.12. The van der Waals surface area contributed by atoms with Gasteiger partial charge in [-0.05, 0) is 18.1 Å². The van der Waals surface area contributed by atoms with Crippen molar-refractivity contribution in [2.24, 2.45) is 5.92 Å². The Morgan fingerprint density at radius 2 is 2.12 bits per heavy atom. The molecule has 1 aromatic carbocycles. The molecule has 2 aromatic rings. The number of aromatic hydroxyl groups is 1. The number of carboxylic acids is 1. The second-order valence-corrected chi connectivity index (χ2v) is 4.38. The van der Waals surface area contributed by atoms with Crippen LogP contribution in [-0.4, -0.2) is 26.2 Å². The fourth-order valence-electron chi connectivity index (χ4n) is 1.88. The molecule has 17 heavy (non-hydrogen) atoms. The predicted octanol–water partition coefficient (Wildman–Crippen LogP) is 2.09. The summed E-state index contributed by atoms with van der Waals surface area (Å²) in [6.45, 7) is 3.67. The topological polar surface area (TPSA) is 86.2 Å². The number of phenolic OH excluding ortho intramolecular Hbond substituents is 1. The molecule has 0 radical (unpaired) electrons. The van der Waals surface area contributed by atoms with Gasteiger partial charge in [-0.3, -0.25) is 4.79 Å². The summed E-state index contributed by atoms with van der Waals surface area (Å²) in [5.74, 6) is -1.06. The summed E-state index contributed by atoms with van der Waals surface area (Å²) in [5.41, 5.74) is 1.30. The van der Waals surface area contributed by atoms with Crippen LogP contribution in [0.5, 0.6) is 5.75 Å². The van der Waals surface area contributed by atoms with E-state index in [0.29, 0.717) is 16.9 Å². The van der Waals surface area contributed by atoms with E-state index in [1.165, 1.54) is 12.1 Å². The van der Waals surface area contributed by atoms with Crippen molar-refractivity contribution in [2.75, 3.05) is 0 Å². The average molecular weight is 234 g/mol. The van der Waals surface area contributed by atoms with Crippen molar-refractivity contribution < 1.29 is 15.0 Å². The number of hydrogen-bond acceptors (Lipinski definition) is 3. The third-order valence-corrected chi connectivity index (χ3v) is 2.71. The van der Waals surface area contributed by atoms with E-state index in [1.807, 2.05) is 13.8 Å². The van der Waals surface area contributed by atoms with Crippen molar-refractivity contribution in [2.45, 2.75) is 19.8 Å². The van der Waals surface area contributed by atoms with Gasteiger partial charge in [0.1, 0.15) is 17.5 Å². The Labute approximate surface area is 98.1 Å². The Hall–Kier alpha value is -2.04. The molecule has 1 unspecified atom stereocenters. The molecule has 0 aliphatic rings. The minimum absolute atomic E-state index is 0.0540. The molecule has 0 aliphatic carbocycles. The van der Waals surface area contributed by atoms with Gasteiger partial charge in [-0.2, -0.15) is 0 Å². The third kappa shape index (κ3) is 2.08. The van der Waals surface area contributed by atoms with Gasteiger partial charge < -0.3 is 15.2 Å². The van der Waals surface area contributed by atoms with E-state index in [9.17, 15) is 9.90 Å². The fraction of sp³-hybridized carbons (Fsp3) is 0.333. The lowest BCUT2D eigenvalue weighted by Crippen LogP contribution is -2.18. The highest BCUT2D eigenvalue weighted by Gasteiger charge is 2.26. The molecule has 3 N–H and O–H groups in total. The second-order valence-electron chi connectivity index (χ2n) is 4.38. The summed E-state index contributed by atoms with van der Waals surface area (Å²) in [6, 6.07) is 4.72. The molecule has 5 nitrogen and oxygen atoms in total. The number of phenols is 1. The first kappa shape index (κ1) is 11.4. The standard InChI is InChI=1S/C12H14N2O3/c1-6(2)10(12(16)17)11-13-8-4-3-7(15)5-9(8)14-11/h3-6,10,15H,1-2H3,(H,13,14)(H,16,17). The summed E-state index contributed by atoms with van der Waals surface area (Å²) >= 11 is 0. The number of aromatic amines is 1. The average Bonchev–Trinajstić information content (AvgIpc) is 2.58. The maximum atomic E-state index is 11.2. The SMILES string of the molecule is CC(C)C(C(=O)O)c1nc2ccc(O)cc2[nH]1. The summed E-state index contributed by atoms with van der Waals surface area (Å²) in [7, 11) is 0. The minimum atomic E-state index is -0.900. The quantitative estimate of drug-likeness (QED) is 0.759. The lowest BCUT2D eigenvalue weighted by molar-refractivity contribution is -0.140. The molecule has 1 aromatic heterocycles. The number of aliphatic carboxylic acids is 1. The maximum absolute atomic E-state index is 11.2. The molecule has 2 rings (SSSR count). The van der Waals surface area contributed by atoms with Gasteiger partial charge in [0.25, 0.3) is 0 Å². The number of carboxylic acid groups (broad SMARTS) is 1. The van der Waals surface area contributed by atoms with Crippen LogP contribution in [0.2, 0.25) is 0 Å². The summed E-state index contributed by atoms with van der Waals surface area (Å²) in [5, 5.41) is 18.5. The van der Waals surface area contributed by atoms with Crippen molar-refractivity contribution in [3.05, 3.63) is 24.0 Å². The van der Waals surface area contributed by atoms with Crippen molar-refractivity contribution in [1.82, 2.24) is 9.97 Å². The van der Waals surface area contributed by atoms with Gasteiger partial charge in [0, 0.05) is 6.07 Å². The van der Waals surface area contributed by atoms with Gasteiger partial charge in [-0.1, -0.05) is 13.8 Å². The molecule has 0 saturated carbocycles. The van der Waals surface area contributed by atoms with E-state index in [1.54, 1.807) is 6.07 Å². The highest BCUT2D eigenvalue weighted by Crippen LogP contribution is 2.26. The zero-order valence-electron chi connectivity index (χ0n) is 9.64. The fourth-order valence-corrected chi connectivity index (χ4v) is 1.88. The number of nitrogens with one attached hydrogen (secondary N) is 1. The maximum Gasteiger partial charge on any atom is 0.314 e. The van der Waals surface area contributed by atoms with Crippen LogP contribution in [-0.2, 0) is 4.79 Å². The van der Waals surface area contributed by atoms with Crippen LogP contribution >= 0.6 is 0 Å². The Balaban J connectivity index is 2.51. The third-order valence-electron chi connectivity index (χ3n) is 2.71. The molecule has 0 bridgehead atoms. The van der Waals surface area contributed by atoms with Gasteiger partial charge in [0.05, 0.1) is 11.0 Å². The van der Waals surface area contributed by atoms with E-state index >= 15 is 0 Å². The number of H-pyrrole nitrogens is 1. The van der Waals surface area contributed by atoms with E-state index in [2.05, 4.69) is 9.97 Å². The van der Waals surface area contributed by atoms with Crippen LogP contribution in [0.4, 0.5) is 0 Å². The molecular formula is C12H14N2O3. The number of nitrogens with zero attached hydrogens (tertiary/aromatic N) is 1. The summed E-state index contributed by atoms with van der Waals surface area (Å²) < 4.78 is 0. The normalized spacial score (nSPS) is 13.1. The lowest BCUT2D eigenvalue weighted by atomic mass is 9.95. The van der Waals surface area contributed by atoms with E-state index in [-0.39, 0.29) is 11.7 Å². The Morgan fingerprint density at radius 1 is 1.41 bits per heavy atom. The second kappa shape index (κ2) is 4.08. The molecular weight excluding hydrogens is 220 g/mol. The minimum Gasteiger partial charge on any atom is -0.508 e. The summed E-state index contributed by atoms with van der Waals surface area (Å²) in [6.07, 6.45) is 0. The number of benzene rings is 1. The monoisotopic (exact) mass is 234 g/mol. The van der Waals surface area contributed by atoms with Gasteiger partial charge >= 0.3 is 5.97 Å². The van der Waals surface area contributed by atoms with Gasteiger partial charge in [-0.25, -0.2) is 4.98 Å². The first-order valence-electron chi connectivity index (χ1n) is 5.40. The Morgan fingerprint density at radius 3 is 2.71 bits per heavy atom. The van der Waals surface area contributed by atoms with Crippen LogP contribution in [0, 0.1) is 5.92 Å². The van der Waals surface area contributed by atoms with Gasteiger partial charge in [0.2, 0.25) is 0 Å². The van der Waals surface area contributed by atoms with Crippen LogP contribution in [0.1, 0.15) is 25.6 Å². The van der Waals surface area contributed by atoms with Crippen LogP contribution in [0.15, 0.2) is 18.2 Å². The zero-order valence-corrected chi connectivity index (χ0v) is 9.64. The Kier molecular flexibility index (Phi) is 2.75. The number of rotatable bonds is 3. The van der Waals surface area contributed by atoms with Crippen LogP contribution in [0.25, 0.3) is 11.0 Å². The number of hydrogen-bond donors (Lipinski definition) is 3. The molecule has 0 spiro atoms.